The fraction of sp³-hybridized carbons (Fsp3) is 0.209. The van der Waals surface area contributed by atoms with Gasteiger partial charge >= 0.3 is 0 Å². The molecule has 2 amide bonds. The number of fused-ring (bicyclic) bond motifs is 1. The Balaban J connectivity index is 0.861. The Morgan fingerprint density at radius 1 is 0.836 bits per heavy atom. The van der Waals surface area contributed by atoms with Gasteiger partial charge in [0.05, 0.1) is 30.6 Å². The highest BCUT2D eigenvalue weighted by molar-refractivity contribution is 6.08. The molecule has 3 aromatic heterocycles. The molecule has 55 heavy (non-hydrogen) atoms. The predicted octanol–water partition coefficient (Wildman–Crippen LogP) is 5.86. The van der Waals surface area contributed by atoms with Crippen LogP contribution in [0.25, 0.3) is 16.9 Å². The maximum Gasteiger partial charge on any atom is 0.261 e. The summed E-state index contributed by atoms with van der Waals surface area (Å²) in [5, 5.41) is 30.3. The Bertz CT molecular complexity index is 2420. The number of nitrogens with zero attached hydrogens (tertiary/aromatic N) is 7. The van der Waals surface area contributed by atoms with E-state index in [2.05, 4.69) is 60.2 Å². The number of carbonyl (C=O) groups excluding carboxylic acids is 2. The number of aliphatic hydroxyl groups is 1. The molecule has 7 aromatic rings. The SMILES string of the molecule is Cc1cc(C)n2ncc(C(=O)Nc3ccc(-c4cn(Cc5ccccc5C(=O)NCCC5(O)CN(C(c6ccccc6)c6ccccc6)C5)nn4)cc3)c2n1. The molecule has 4 heterocycles. The minimum absolute atomic E-state index is 0.0512. The Hall–Kier alpha value is -6.50. The number of amides is 2. The van der Waals surface area contributed by atoms with Crippen LogP contribution in [0.1, 0.15) is 61.3 Å². The van der Waals surface area contributed by atoms with Crippen LogP contribution in [0.15, 0.2) is 128 Å². The van der Waals surface area contributed by atoms with Crippen LogP contribution in [0.4, 0.5) is 5.69 Å². The highest BCUT2D eigenvalue weighted by Gasteiger charge is 2.44. The number of likely N-dealkylation sites (tertiary alicyclic amines) is 1. The Kier molecular flexibility index (Phi) is 9.75. The molecule has 12 nitrogen and oxygen atoms in total. The van der Waals surface area contributed by atoms with Gasteiger partial charge in [-0.2, -0.15) is 5.10 Å². The van der Waals surface area contributed by atoms with Crippen molar-refractivity contribution in [3.8, 4) is 11.3 Å². The maximum absolute atomic E-state index is 13.4. The highest BCUT2D eigenvalue weighted by Crippen LogP contribution is 2.37. The quantitative estimate of drug-likeness (QED) is 0.142. The third-order valence-electron chi connectivity index (χ3n) is 10.1. The van der Waals surface area contributed by atoms with E-state index in [9.17, 15) is 14.7 Å². The first-order valence-electron chi connectivity index (χ1n) is 18.3. The van der Waals surface area contributed by atoms with Crippen molar-refractivity contribution in [3.05, 3.63) is 167 Å². The molecule has 1 aliphatic rings. The molecule has 3 N–H and O–H groups in total. The maximum atomic E-state index is 13.4. The summed E-state index contributed by atoms with van der Waals surface area (Å²) in [7, 11) is 0. The van der Waals surface area contributed by atoms with Crippen LogP contribution in [-0.2, 0) is 6.54 Å². The zero-order chi connectivity index (χ0) is 37.9. The lowest BCUT2D eigenvalue weighted by Gasteiger charge is -2.50. The molecule has 276 valence electrons. The predicted molar refractivity (Wildman–Crippen MR) is 210 cm³/mol. The van der Waals surface area contributed by atoms with Crippen molar-refractivity contribution in [1.29, 1.82) is 0 Å². The monoisotopic (exact) mass is 731 g/mol. The van der Waals surface area contributed by atoms with Gasteiger partial charge in [0, 0.05) is 47.8 Å². The van der Waals surface area contributed by atoms with E-state index in [1.54, 1.807) is 15.3 Å². The summed E-state index contributed by atoms with van der Waals surface area (Å²) < 4.78 is 3.35. The molecule has 0 atom stereocenters. The minimum atomic E-state index is -0.888. The number of carbonyl (C=O) groups is 2. The number of benzene rings is 4. The van der Waals surface area contributed by atoms with Crippen molar-refractivity contribution < 1.29 is 14.7 Å². The van der Waals surface area contributed by atoms with Gasteiger partial charge in [0.2, 0.25) is 0 Å². The molecule has 0 spiro atoms. The summed E-state index contributed by atoms with van der Waals surface area (Å²) in [5.41, 5.74) is 7.54. The number of hydrogen-bond donors (Lipinski definition) is 3. The van der Waals surface area contributed by atoms with E-state index >= 15 is 0 Å². The smallest absolute Gasteiger partial charge is 0.261 e. The lowest BCUT2D eigenvalue weighted by Crippen LogP contribution is -2.63. The van der Waals surface area contributed by atoms with Gasteiger partial charge in [0.1, 0.15) is 11.3 Å². The van der Waals surface area contributed by atoms with E-state index in [1.807, 2.05) is 105 Å². The summed E-state index contributed by atoms with van der Waals surface area (Å²) in [6, 6.07) is 37.4. The van der Waals surface area contributed by atoms with Crippen molar-refractivity contribution in [2.45, 2.75) is 38.5 Å². The molecule has 0 saturated carbocycles. The van der Waals surface area contributed by atoms with Crippen LogP contribution in [-0.4, -0.2) is 76.6 Å². The van der Waals surface area contributed by atoms with Crippen LogP contribution in [0, 0.1) is 13.8 Å². The van der Waals surface area contributed by atoms with E-state index < -0.39 is 5.60 Å². The van der Waals surface area contributed by atoms with Gasteiger partial charge in [-0.05, 0) is 61.2 Å². The Morgan fingerprint density at radius 2 is 1.51 bits per heavy atom. The molecule has 0 aliphatic carbocycles. The third kappa shape index (κ3) is 7.63. The topological polar surface area (TPSA) is 143 Å². The second kappa shape index (κ2) is 15.1. The molecule has 8 rings (SSSR count). The molecule has 0 bridgehead atoms. The third-order valence-corrected chi connectivity index (χ3v) is 10.1. The number of anilines is 1. The molecular weight excluding hydrogens is 691 g/mol. The zero-order valence-corrected chi connectivity index (χ0v) is 30.6. The summed E-state index contributed by atoms with van der Waals surface area (Å²) in [6.07, 6.45) is 3.80. The van der Waals surface area contributed by atoms with Gasteiger partial charge in [-0.3, -0.25) is 14.5 Å². The number of aromatic nitrogens is 6. The number of aryl methyl sites for hydroxylation is 2. The van der Waals surface area contributed by atoms with Crippen LogP contribution in [0.2, 0.25) is 0 Å². The van der Waals surface area contributed by atoms with Gasteiger partial charge in [-0.1, -0.05) is 96.2 Å². The second-order valence-electron chi connectivity index (χ2n) is 14.2. The first-order chi connectivity index (χ1) is 26.7. The summed E-state index contributed by atoms with van der Waals surface area (Å²) >= 11 is 0. The lowest BCUT2D eigenvalue weighted by atomic mass is 9.85. The van der Waals surface area contributed by atoms with E-state index in [0.717, 1.165) is 22.5 Å². The first-order valence-corrected chi connectivity index (χ1v) is 18.3. The fourth-order valence-electron chi connectivity index (χ4n) is 7.35. The van der Waals surface area contributed by atoms with Crippen molar-refractivity contribution in [1.82, 2.24) is 39.8 Å². The van der Waals surface area contributed by atoms with Gasteiger partial charge in [-0.15, -0.1) is 5.10 Å². The highest BCUT2D eigenvalue weighted by atomic mass is 16.3. The Labute approximate surface area is 318 Å². The van der Waals surface area contributed by atoms with Gasteiger partial charge in [0.15, 0.2) is 5.65 Å². The number of nitrogens with one attached hydrogen (secondary N) is 2. The zero-order valence-electron chi connectivity index (χ0n) is 30.6. The molecule has 1 fully saturated rings. The normalized spacial score (nSPS) is 13.8. The summed E-state index contributed by atoms with van der Waals surface area (Å²) in [4.78, 5) is 33.3. The van der Waals surface area contributed by atoms with Crippen LogP contribution >= 0.6 is 0 Å². The number of β-amino-alcohol motifs (C(OH)–C–C–N with tert-alkyl or cyclic N) is 1. The van der Waals surface area contributed by atoms with Crippen LogP contribution in [0.3, 0.4) is 0 Å². The summed E-state index contributed by atoms with van der Waals surface area (Å²) in [6.45, 7) is 5.53. The first kappa shape index (κ1) is 35.5. The molecule has 1 saturated heterocycles. The van der Waals surface area contributed by atoms with Crippen molar-refractivity contribution >= 4 is 23.1 Å². The van der Waals surface area contributed by atoms with Gasteiger partial charge in [0.25, 0.3) is 11.8 Å². The average Bonchev–Trinajstić information content (AvgIpc) is 3.83. The van der Waals surface area contributed by atoms with Crippen LogP contribution < -0.4 is 10.6 Å². The molecule has 1 aliphatic heterocycles. The van der Waals surface area contributed by atoms with E-state index in [0.29, 0.717) is 60.8 Å². The van der Waals surface area contributed by atoms with Crippen molar-refractivity contribution in [2.24, 2.45) is 0 Å². The van der Waals surface area contributed by atoms with Crippen molar-refractivity contribution in [2.75, 3.05) is 25.0 Å². The van der Waals surface area contributed by atoms with E-state index in [-0.39, 0.29) is 17.9 Å². The van der Waals surface area contributed by atoms with Crippen LogP contribution in [0.5, 0.6) is 0 Å². The summed E-state index contributed by atoms with van der Waals surface area (Å²) in [5.74, 6) is -0.500. The molecule has 12 heteroatoms. The number of hydrogen-bond acceptors (Lipinski definition) is 8. The lowest BCUT2D eigenvalue weighted by molar-refractivity contribution is -0.113. The standard InChI is InChI=1S/C43H41N9O3/c1-29-23-30(2)52-40(46-29)37(24-45-52)42(54)47-35-19-17-31(18-20-35)38-26-51(49-48-38)25-34-15-9-10-16-36(34)41(53)44-22-21-43(55)27-50(28-43)39(32-11-5-3-6-12-32)33-13-7-4-8-14-33/h3-20,23-24,26,39,55H,21-22,25,27-28H2,1-2H3,(H,44,53)(H,47,54). The van der Waals surface area contributed by atoms with Crippen molar-refractivity contribution in [3.63, 3.8) is 0 Å². The van der Waals surface area contributed by atoms with Gasteiger partial charge in [-0.25, -0.2) is 14.2 Å². The average molecular weight is 732 g/mol. The Morgan fingerprint density at radius 3 is 2.22 bits per heavy atom. The number of rotatable bonds is 12. The molecule has 0 radical (unpaired) electrons. The fourth-order valence-corrected chi connectivity index (χ4v) is 7.35. The molecular formula is C43H41N9O3. The van der Waals surface area contributed by atoms with Gasteiger partial charge < -0.3 is 15.7 Å². The molecule has 0 unspecified atom stereocenters. The second-order valence-corrected chi connectivity index (χ2v) is 14.2. The minimum Gasteiger partial charge on any atom is -0.387 e. The van der Waals surface area contributed by atoms with E-state index in [1.165, 1.54) is 17.3 Å². The largest absolute Gasteiger partial charge is 0.387 e. The molecule has 4 aromatic carbocycles. The van der Waals surface area contributed by atoms with E-state index in [4.69, 9.17) is 0 Å².